The fourth-order valence-corrected chi connectivity index (χ4v) is 2.87. The monoisotopic (exact) mass is 272 g/mol. The van der Waals surface area contributed by atoms with E-state index < -0.39 is 0 Å². The molecule has 1 N–H and O–H groups in total. The van der Waals surface area contributed by atoms with Crippen molar-refractivity contribution in [1.29, 1.82) is 0 Å². The van der Waals surface area contributed by atoms with Gasteiger partial charge in [-0.25, -0.2) is 0 Å². The van der Waals surface area contributed by atoms with Gasteiger partial charge in [-0.1, -0.05) is 19.1 Å². The Morgan fingerprint density at radius 1 is 1.21 bits per heavy atom. The first-order chi connectivity index (χ1) is 9.26. The smallest absolute Gasteiger partial charge is 0.0592 e. The molecule has 1 heterocycles. The molecule has 0 radical (unpaired) electrons. The zero-order valence-corrected chi connectivity index (χ0v) is 12.5. The largest absolute Gasteiger partial charge is 0.309 e. The molecule has 1 aromatic carbocycles. The van der Waals surface area contributed by atoms with Crippen LogP contribution in [0.15, 0.2) is 47.6 Å². The average molecular weight is 272 g/mol. The van der Waals surface area contributed by atoms with E-state index in [0.29, 0.717) is 0 Å². The number of rotatable bonds is 5. The van der Waals surface area contributed by atoms with Crippen LogP contribution in [0.2, 0.25) is 0 Å². The van der Waals surface area contributed by atoms with Gasteiger partial charge in [-0.3, -0.25) is 4.98 Å². The number of pyridine rings is 1. The van der Waals surface area contributed by atoms with Crippen LogP contribution in [0.5, 0.6) is 0 Å². The van der Waals surface area contributed by atoms with E-state index in [1.165, 1.54) is 21.6 Å². The molecule has 0 aliphatic heterocycles. The molecule has 1 unspecified atom stereocenters. The van der Waals surface area contributed by atoms with Gasteiger partial charge in [-0.05, 0) is 54.6 Å². The molecule has 2 rings (SSSR count). The number of aromatic nitrogens is 1. The second kappa shape index (κ2) is 6.73. The summed E-state index contributed by atoms with van der Waals surface area (Å²) >= 11 is 1.87. The Bertz CT molecular complexity index is 523. The molecule has 0 saturated carbocycles. The van der Waals surface area contributed by atoms with Crippen LogP contribution in [-0.2, 0) is 0 Å². The minimum Gasteiger partial charge on any atom is -0.309 e. The highest BCUT2D eigenvalue weighted by Gasteiger charge is 2.14. The van der Waals surface area contributed by atoms with E-state index in [2.05, 4.69) is 54.5 Å². The molecule has 0 bridgehead atoms. The molecule has 0 aliphatic carbocycles. The predicted molar refractivity (Wildman–Crippen MR) is 82.7 cm³/mol. The van der Waals surface area contributed by atoms with Crippen molar-refractivity contribution < 1.29 is 0 Å². The van der Waals surface area contributed by atoms with Crippen LogP contribution in [0.4, 0.5) is 0 Å². The number of benzene rings is 1. The zero-order valence-electron chi connectivity index (χ0n) is 11.7. The van der Waals surface area contributed by atoms with Crippen LogP contribution < -0.4 is 5.32 Å². The number of aryl methyl sites for hydroxylation is 1. The standard InChI is InChI=1S/C16H20N2S/c1-4-19-14-7-5-13(6-8-14)16(17-3)15-11-18-10-9-12(15)2/h5-11,16-17H,4H2,1-3H3. The van der Waals surface area contributed by atoms with Gasteiger partial charge in [0.2, 0.25) is 0 Å². The van der Waals surface area contributed by atoms with E-state index in [1.807, 2.05) is 31.2 Å². The molecule has 1 atom stereocenters. The van der Waals surface area contributed by atoms with E-state index >= 15 is 0 Å². The summed E-state index contributed by atoms with van der Waals surface area (Å²) in [6.45, 7) is 4.30. The first kappa shape index (κ1) is 14.1. The molecule has 100 valence electrons. The fourth-order valence-electron chi connectivity index (χ4n) is 2.20. The van der Waals surface area contributed by atoms with E-state index in [1.54, 1.807) is 0 Å². The highest BCUT2D eigenvalue weighted by atomic mass is 32.2. The predicted octanol–water partition coefficient (Wildman–Crippen LogP) is 3.81. The summed E-state index contributed by atoms with van der Waals surface area (Å²) < 4.78 is 0. The highest BCUT2D eigenvalue weighted by molar-refractivity contribution is 7.99. The molecule has 0 fully saturated rings. The van der Waals surface area contributed by atoms with Crippen LogP contribution in [0, 0.1) is 6.92 Å². The maximum absolute atomic E-state index is 4.24. The lowest BCUT2D eigenvalue weighted by Crippen LogP contribution is -2.18. The van der Waals surface area contributed by atoms with E-state index in [4.69, 9.17) is 0 Å². The number of thioether (sulfide) groups is 1. The molecule has 2 nitrogen and oxygen atoms in total. The van der Waals surface area contributed by atoms with Crippen molar-refractivity contribution in [3.63, 3.8) is 0 Å². The van der Waals surface area contributed by atoms with Crippen molar-refractivity contribution in [1.82, 2.24) is 10.3 Å². The maximum Gasteiger partial charge on any atom is 0.0592 e. The van der Waals surface area contributed by atoms with Crippen LogP contribution in [0.25, 0.3) is 0 Å². The summed E-state index contributed by atoms with van der Waals surface area (Å²) in [6, 6.07) is 11.0. The lowest BCUT2D eigenvalue weighted by Gasteiger charge is -2.19. The Labute approximate surface area is 119 Å². The van der Waals surface area contributed by atoms with Crippen LogP contribution >= 0.6 is 11.8 Å². The van der Waals surface area contributed by atoms with Gasteiger partial charge in [0.1, 0.15) is 0 Å². The summed E-state index contributed by atoms with van der Waals surface area (Å²) in [7, 11) is 1.99. The molecule has 19 heavy (non-hydrogen) atoms. The average Bonchev–Trinajstić information content (AvgIpc) is 2.44. The Morgan fingerprint density at radius 2 is 1.95 bits per heavy atom. The molecule has 1 aromatic heterocycles. The van der Waals surface area contributed by atoms with E-state index in [-0.39, 0.29) is 6.04 Å². The Hall–Kier alpha value is -1.32. The minimum absolute atomic E-state index is 0.203. The van der Waals surface area contributed by atoms with Crippen molar-refractivity contribution in [2.24, 2.45) is 0 Å². The van der Waals surface area contributed by atoms with Crippen LogP contribution in [0.1, 0.15) is 29.7 Å². The molecular weight excluding hydrogens is 252 g/mol. The van der Waals surface area contributed by atoms with Gasteiger partial charge in [0, 0.05) is 17.3 Å². The van der Waals surface area contributed by atoms with Crippen molar-refractivity contribution in [3.05, 3.63) is 59.4 Å². The molecule has 0 saturated heterocycles. The first-order valence-electron chi connectivity index (χ1n) is 6.56. The Morgan fingerprint density at radius 3 is 2.53 bits per heavy atom. The number of hydrogen-bond donors (Lipinski definition) is 1. The third kappa shape index (κ3) is 3.37. The maximum atomic E-state index is 4.24. The highest BCUT2D eigenvalue weighted by Crippen LogP contribution is 2.26. The number of hydrogen-bond acceptors (Lipinski definition) is 3. The lowest BCUT2D eigenvalue weighted by molar-refractivity contribution is 0.684. The van der Waals surface area contributed by atoms with Gasteiger partial charge in [0.05, 0.1) is 6.04 Å². The summed E-state index contributed by atoms with van der Waals surface area (Å²) in [5, 5.41) is 3.38. The van der Waals surface area contributed by atoms with Crippen molar-refractivity contribution in [3.8, 4) is 0 Å². The Kier molecular flexibility index (Phi) is 5.00. The minimum atomic E-state index is 0.203. The third-order valence-corrected chi connectivity index (χ3v) is 4.10. The van der Waals surface area contributed by atoms with E-state index in [9.17, 15) is 0 Å². The number of nitrogens with one attached hydrogen (secondary N) is 1. The summed E-state index contributed by atoms with van der Waals surface area (Å²) in [4.78, 5) is 5.57. The lowest BCUT2D eigenvalue weighted by atomic mass is 9.97. The SMILES string of the molecule is CCSc1ccc(C(NC)c2cnccc2C)cc1. The molecule has 0 aliphatic rings. The van der Waals surface area contributed by atoms with Crippen LogP contribution in [0.3, 0.4) is 0 Å². The second-order valence-electron chi connectivity index (χ2n) is 4.46. The topological polar surface area (TPSA) is 24.9 Å². The van der Waals surface area contributed by atoms with E-state index in [0.717, 1.165) is 5.75 Å². The molecule has 0 amide bonds. The van der Waals surface area contributed by atoms with Crippen molar-refractivity contribution in [2.45, 2.75) is 24.8 Å². The zero-order chi connectivity index (χ0) is 13.7. The molecule has 2 aromatic rings. The molecule has 3 heteroatoms. The molecular formula is C16H20N2S. The quantitative estimate of drug-likeness (QED) is 0.838. The third-order valence-electron chi connectivity index (χ3n) is 3.20. The number of nitrogens with zero attached hydrogens (tertiary/aromatic N) is 1. The van der Waals surface area contributed by atoms with Gasteiger partial charge in [0.25, 0.3) is 0 Å². The van der Waals surface area contributed by atoms with Crippen molar-refractivity contribution >= 4 is 11.8 Å². The fraction of sp³-hybridized carbons (Fsp3) is 0.312. The van der Waals surface area contributed by atoms with Crippen LogP contribution in [-0.4, -0.2) is 17.8 Å². The second-order valence-corrected chi connectivity index (χ2v) is 5.79. The summed E-state index contributed by atoms with van der Waals surface area (Å²) in [5.41, 5.74) is 3.78. The summed E-state index contributed by atoms with van der Waals surface area (Å²) in [5.74, 6) is 1.11. The van der Waals surface area contributed by atoms with Gasteiger partial charge in [0.15, 0.2) is 0 Å². The van der Waals surface area contributed by atoms with Gasteiger partial charge in [-0.15, -0.1) is 11.8 Å². The normalized spacial score (nSPS) is 12.4. The summed E-state index contributed by atoms with van der Waals surface area (Å²) in [6.07, 6.45) is 3.79. The van der Waals surface area contributed by atoms with Gasteiger partial charge < -0.3 is 5.32 Å². The first-order valence-corrected chi connectivity index (χ1v) is 7.55. The molecule has 0 spiro atoms. The van der Waals surface area contributed by atoms with Gasteiger partial charge >= 0.3 is 0 Å². The van der Waals surface area contributed by atoms with Gasteiger partial charge in [-0.2, -0.15) is 0 Å². The Balaban J connectivity index is 2.29. The van der Waals surface area contributed by atoms with Crippen molar-refractivity contribution in [2.75, 3.05) is 12.8 Å².